The highest BCUT2D eigenvalue weighted by atomic mass is 32.2. The zero-order valence-corrected chi connectivity index (χ0v) is 15.9. The average Bonchev–Trinajstić information content (AvgIpc) is 2.62. The third-order valence-corrected chi connectivity index (χ3v) is 6.08. The maximum Gasteiger partial charge on any atom is 0.230 e. The van der Waals surface area contributed by atoms with Gasteiger partial charge < -0.3 is 10.6 Å². The van der Waals surface area contributed by atoms with E-state index in [0.29, 0.717) is 4.90 Å². The van der Waals surface area contributed by atoms with E-state index < -0.39 is 0 Å². The van der Waals surface area contributed by atoms with E-state index in [1.807, 2.05) is 18.2 Å². The van der Waals surface area contributed by atoms with Crippen molar-refractivity contribution in [2.24, 2.45) is 0 Å². The Labute approximate surface area is 160 Å². The molecule has 2 N–H and O–H groups in total. The summed E-state index contributed by atoms with van der Waals surface area (Å²) >= 11 is 2.93. The van der Waals surface area contributed by atoms with E-state index in [1.165, 1.54) is 36.5 Å². The summed E-state index contributed by atoms with van der Waals surface area (Å²) in [6, 6.07) is 12.2. The predicted octanol–water partition coefficient (Wildman–Crippen LogP) is 4.23. The zero-order valence-electron chi connectivity index (χ0n) is 14.3. The van der Waals surface area contributed by atoms with Gasteiger partial charge in [0.25, 0.3) is 0 Å². The van der Waals surface area contributed by atoms with Crippen LogP contribution in [0.2, 0.25) is 0 Å². The highest BCUT2D eigenvalue weighted by Gasteiger charge is 2.24. The lowest BCUT2D eigenvalue weighted by atomic mass is 10.0. The maximum absolute atomic E-state index is 13.9. The molecule has 2 aromatic carbocycles. The molecule has 1 aliphatic heterocycles. The summed E-state index contributed by atoms with van der Waals surface area (Å²) in [7, 11) is 0. The van der Waals surface area contributed by atoms with Gasteiger partial charge in [-0.3, -0.25) is 9.59 Å². The number of carbonyl (C=O) groups is 2. The molecule has 0 radical (unpaired) electrons. The van der Waals surface area contributed by atoms with Crippen LogP contribution in [-0.4, -0.2) is 23.3 Å². The summed E-state index contributed by atoms with van der Waals surface area (Å²) in [5.41, 5.74) is 1.59. The maximum atomic E-state index is 13.9. The number of rotatable bonds is 5. The van der Waals surface area contributed by atoms with Gasteiger partial charge in [-0.05, 0) is 42.3 Å². The Bertz CT molecular complexity index is 812. The third kappa shape index (κ3) is 4.80. The molecule has 0 aromatic heterocycles. The number of hydrogen-bond donors (Lipinski definition) is 2. The van der Waals surface area contributed by atoms with Crippen molar-refractivity contribution in [3.8, 4) is 0 Å². The number of fused-ring (bicyclic) bond motifs is 1. The molecule has 0 aliphatic carbocycles. The number of halogens is 1. The first-order valence-electron chi connectivity index (χ1n) is 8.24. The van der Waals surface area contributed by atoms with Gasteiger partial charge in [-0.2, -0.15) is 0 Å². The van der Waals surface area contributed by atoms with Crippen molar-refractivity contribution in [3.05, 3.63) is 53.8 Å². The van der Waals surface area contributed by atoms with Crippen molar-refractivity contribution in [2.75, 3.05) is 16.8 Å². The second-order valence-electron chi connectivity index (χ2n) is 5.91. The fourth-order valence-corrected chi connectivity index (χ4v) is 4.61. The number of carbonyl (C=O) groups excluding carboxylic acids is 2. The van der Waals surface area contributed by atoms with Crippen LogP contribution in [0.25, 0.3) is 0 Å². The molecule has 0 fully saturated rings. The van der Waals surface area contributed by atoms with Crippen molar-refractivity contribution in [1.29, 1.82) is 0 Å². The van der Waals surface area contributed by atoms with Gasteiger partial charge in [0.05, 0.1) is 11.8 Å². The number of hydrogen-bond acceptors (Lipinski definition) is 4. The first kappa shape index (κ1) is 18.8. The van der Waals surface area contributed by atoms with Gasteiger partial charge in [-0.25, -0.2) is 4.39 Å². The van der Waals surface area contributed by atoms with Crippen molar-refractivity contribution in [3.63, 3.8) is 0 Å². The zero-order chi connectivity index (χ0) is 18.5. The molecule has 0 bridgehead atoms. The van der Waals surface area contributed by atoms with Gasteiger partial charge in [0, 0.05) is 28.2 Å². The number of thioether (sulfide) groups is 2. The van der Waals surface area contributed by atoms with Crippen LogP contribution in [-0.2, 0) is 9.59 Å². The topological polar surface area (TPSA) is 58.2 Å². The van der Waals surface area contributed by atoms with Crippen LogP contribution >= 0.6 is 23.5 Å². The Morgan fingerprint density at radius 2 is 2.00 bits per heavy atom. The molecule has 1 aliphatic rings. The smallest absolute Gasteiger partial charge is 0.230 e. The molecular weight excluding hydrogens is 371 g/mol. The molecule has 0 unspecified atom stereocenters. The van der Waals surface area contributed by atoms with Crippen LogP contribution < -0.4 is 10.6 Å². The van der Waals surface area contributed by atoms with E-state index in [1.54, 1.807) is 18.2 Å². The molecule has 0 saturated carbocycles. The van der Waals surface area contributed by atoms with Crippen LogP contribution in [0.5, 0.6) is 0 Å². The lowest BCUT2D eigenvalue weighted by molar-refractivity contribution is -0.119. The van der Waals surface area contributed by atoms with Crippen LogP contribution in [0.4, 0.5) is 10.1 Å². The fourth-order valence-electron chi connectivity index (χ4n) is 2.76. The number of nitrogens with one attached hydrogen (secondary N) is 2. The van der Waals surface area contributed by atoms with Crippen molar-refractivity contribution in [1.82, 2.24) is 5.32 Å². The van der Waals surface area contributed by atoms with Crippen LogP contribution in [0.3, 0.4) is 0 Å². The summed E-state index contributed by atoms with van der Waals surface area (Å²) in [6.45, 7) is 1.46. The summed E-state index contributed by atoms with van der Waals surface area (Å²) in [4.78, 5) is 24.9. The first-order chi connectivity index (χ1) is 12.5. The molecule has 0 saturated heterocycles. The molecule has 0 spiro atoms. The Morgan fingerprint density at radius 3 is 2.73 bits per heavy atom. The standard InChI is InChI=1S/C19H19FN2O2S2/c1-12(23)21-13-5-7-14(8-6-13)26-11-18(24)22-17-9-10-25-19-15(17)3-2-4-16(19)20/h2-8,17H,9-11H2,1H3,(H,21,23)(H,22,24)/t17-/m1/s1. The van der Waals surface area contributed by atoms with E-state index in [-0.39, 0.29) is 29.4 Å². The Hall–Kier alpha value is -1.99. The van der Waals surface area contributed by atoms with E-state index in [0.717, 1.165) is 28.3 Å². The highest BCUT2D eigenvalue weighted by Crippen LogP contribution is 2.37. The number of benzene rings is 2. The molecule has 7 heteroatoms. The summed E-state index contributed by atoms with van der Waals surface area (Å²) in [5, 5.41) is 5.72. The summed E-state index contributed by atoms with van der Waals surface area (Å²) < 4.78 is 13.9. The number of anilines is 1. The van der Waals surface area contributed by atoms with Gasteiger partial charge in [0.1, 0.15) is 5.82 Å². The van der Waals surface area contributed by atoms with Crippen LogP contribution in [0.15, 0.2) is 52.3 Å². The minimum Gasteiger partial charge on any atom is -0.348 e. The van der Waals surface area contributed by atoms with Gasteiger partial charge in [0.2, 0.25) is 11.8 Å². The normalized spacial score (nSPS) is 15.8. The van der Waals surface area contributed by atoms with E-state index in [9.17, 15) is 14.0 Å². The Kier molecular flexibility index (Phi) is 6.21. The summed E-state index contributed by atoms with van der Waals surface area (Å²) in [5.74, 6) is 0.657. The van der Waals surface area contributed by atoms with E-state index in [4.69, 9.17) is 0 Å². The molecule has 2 amide bonds. The predicted molar refractivity (Wildman–Crippen MR) is 104 cm³/mol. The fraction of sp³-hybridized carbons (Fsp3) is 0.263. The molecule has 1 atom stereocenters. The third-order valence-electron chi connectivity index (χ3n) is 3.91. The van der Waals surface area contributed by atoms with Gasteiger partial charge in [0.15, 0.2) is 0 Å². The van der Waals surface area contributed by atoms with Crippen molar-refractivity contribution >= 4 is 41.0 Å². The Morgan fingerprint density at radius 1 is 1.23 bits per heavy atom. The average molecular weight is 391 g/mol. The number of amides is 2. The molecule has 136 valence electrons. The van der Waals surface area contributed by atoms with E-state index >= 15 is 0 Å². The minimum absolute atomic E-state index is 0.0759. The van der Waals surface area contributed by atoms with E-state index in [2.05, 4.69) is 10.6 Å². The van der Waals surface area contributed by atoms with Crippen LogP contribution in [0, 0.1) is 5.82 Å². The molecule has 2 aromatic rings. The van der Waals surface area contributed by atoms with Gasteiger partial charge in [-0.1, -0.05) is 12.1 Å². The second-order valence-corrected chi connectivity index (χ2v) is 8.06. The molecule has 3 rings (SSSR count). The molecular formula is C19H19FN2O2S2. The molecule has 26 heavy (non-hydrogen) atoms. The van der Waals surface area contributed by atoms with Crippen LogP contribution in [0.1, 0.15) is 24.9 Å². The summed E-state index contributed by atoms with van der Waals surface area (Å²) in [6.07, 6.45) is 0.795. The monoisotopic (exact) mass is 390 g/mol. The Balaban J connectivity index is 1.55. The lowest BCUT2D eigenvalue weighted by Crippen LogP contribution is -2.32. The highest BCUT2D eigenvalue weighted by molar-refractivity contribution is 8.00. The minimum atomic E-state index is -0.222. The second kappa shape index (κ2) is 8.60. The first-order valence-corrected chi connectivity index (χ1v) is 10.2. The quantitative estimate of drug-likeness (QED) is 0.750. The van der Waals surface area contributed by atoms with Gasteiger partial charge >= 0.3 is 0 Å². The lowest BCUT2D eigenvalue weighted by Gasteiger charge is -2.26. The SMILES string of the molecule is CC(=O)Nc1ccc(SCC(=O)N[C@@H]2CCSc3c(F)cccc32)cc1. The largest absolute Gasteiger partial charge is 0.348 e. The van der Waals surface area contributed by atoms with Gasteiger partial charge in [-0.15, -0.1) is 23.5 Å². The van der Waals surface area contributed by atoms with Crippen molar-refractivity contribution in [2.45, 2.75) is 29.2 Å². The molecule has 4 nitrogen and oxygen atoms in total. The van der Waals surface area contributed by atoms with Crippen molar-refractivity contribution < 1.29 is 14.0 Å². The molecule has 1 heterocycles.